The van der Waals surface area contributed by atoms with Gasteiger partial charge in [0.2, 0.25) is 0 Å². The van der Waals surface area contributed by atoms with Gasteiger partial charge in [-0.3, -0.25) is 0 Å². The van der Waals surface area contributed by atoms with Gasteiger partial charge in [-0.2, -0.15) is 0 Å². The molecule has 9 atom stereocenters. The van der Waals surface area contributed by atoms with Gasteiger partial charge in [-0.25, -0.2) is 0 Å². The molecule has 0 aromatic heterocycles. The van der Waals surface area contributed by atoms with Crippen LogP contribution in [-0.2, 0) is 4.74 Å². The Kier molecular flexibility index (Phi) is 4.77. The second-order valence-corrected chi connectivity index (χ2v) is 10.7. The van der Waals surface area contributed by atoms with Crippen LogP contribution in [-0.4, -0.2) is 24.9 Å². The third-order valence-corrected chi connectivity index (χ3v) is 9.70. The van der Waals surface area contributed by atoms with E-state index in [1.54, 1.807) is 0 Å². The summed E-state index contributed by atoms with van der Waals surface area (Å²) < 4.78 is 5.88. The van der Waals surface area contributed by atoms with Crippen molar-refractivity contribution in [2.75, 3.05) is 13.7 Å². The molecule has 0 bridgehead atoms. The molecule has 0 radical (unpaired) electrons. The Labute approximate surface area is 155 Å². The van der Waals surface area contributed by atoms with Crippen molar-refractivity contribution in [2.45, 2.75) is 84.7 Å². The van der Waals surface area contributed by atoms with Crippen LogP contribution in [0.15, 0.2) is 0 Å². The van der Waals surface area contributed by atoms with E-state index >= 15 is 0 Å². The number of rotatable bonds is 3. The van der Waals surface area contributed by atoms with Crippen molar-refractivity contribution in [2.24, 2.45) is 46.3 Å². The zero-order chi connectivity index (χ0) is 17.8. The van der Waals surface area contributed by atoms with Crippen LogP contribution in [0.1, 0.15) is 78.6 Å². The molecule has 0 heterocycles. The number of ether oxygens (including phenoxy) is 1. The Hall–Kier alpha value is -0.0800. The molecule has 4 fully saturated rings. The lowest BCUT2D eigenvalue weighted by Crippen LogP contribution is -2.56. The van der Waals surface area contributed by atoms with Crippen LogP contribution in [0.2, 0.25) is 0 Å². The largest absolute Gasteiger partial charge is 0.393 e. The quantitative estimate of drug-likeness (QED) is 0.751. The van der Waals surface area contributed by atoms with E-state index in [1.807, 2.05) is 14.0 Å². The van der Waals surface area contributed by atoms with Crippen LogP contribution in [0, 0.1) is 46.3 Å². The average molecular weight is 349 g/mol. The zero-order valence-electron chi connectivity index (χ0n) is 17.0. The van der Waals surface area contributed by atoms with Crippen LogP contribution in [0.5, 0.6) is 0 Å². The number of methoxy groups -OCH3 is 1. The van der Waals surface area contributed by atoms with E-state index in [0.29, 0.717) is 16.7 Å². The van der Waals surface area contributed by atoms with E-state index in [4.69, 9.17) is 4.74 Å². The van der Waals surface area contributed by atoms with Gasteiger partial charge in [0.15, 0.2) is 0 Å². The van der Waals surface area contributed by atoms with E-state index < -0.39 is 0 Å². The Morgan fingerprint density at radius 3 is 2.56 bits per heavy atom. The molecule has 0 saturated heterocycles. The maximum absolute atomic E-state index is 10.4. The SMILES string of the molecule is COC[C@]12CC[C@@H](C)C[C@@H]1CC[C@H]1[C@@H]3CC[C@H](C(C)O)[C@@]3(C)CC[C@@H]12. The first-order valence-corrected chi connectivity index (χ1v) is 11.1. The summed E-state index contributed by atoms with van der Waals surface area (Å²) in [5.41, 5.74) is 0.854. The highest BCUT2D eigenvalue weighted by molar-refractivity contribution is 5.10. The molecule has 144 valence electrons. The van der Waals surface area contributed by atoms with E-state index in [2.05, 4.69) is 13.8 Å². The van der Waals surface area contributed by atoms with Crippen LogP contribution in [0.3, 0.4) is 0 Å². The first-order chi connectivity index (χ1) is 11.9. The van der Waals surface area contributed by atoms with Gasteiger partial charge in [-0.05, 0) is 105 Å². The summed E-state index contributed by atoms with van der Waals surface area (Å²) in [5, 5.41) is 10.4. The summed E-state index contributed by atoms with van der Waals surface area (Å²) in [6.45, 7) is 8.02. The first-order valence-electron chi connectivity index (χ1n) is 11.1. The molecule has 0 amide bonds. The van der Waals surface area contributed by atoms with Crippen LogP contribution in [0.25, 0.3) is 0 Å². The topological polar surface area (TPSA) is 29.5 Å². The molecule has 4 rings (SSSR count). The Bertz CT molecular complexity index is 488. The molecule has 4 aliphatic rings. The first kappa shape index (κ1) is 18.3. The third kappa shape index (κ3) is 2.64. The predicted octanol–water partition coefficient (Wildman–Crippen LogP) is 5.29. The molecule has 0 aliphatic heterocycles. The van der Waals surface area contributed by atoms with Crippen molar-refractivity contribution in [1.82, 2.24) is 0 Å². The van der Waals surface area contributed by atoms with Crippen molar-refractivity contribution in [3.63, 3.8) is 0 Å². The highest BCUT2D eigenvalue weighted by Crippen LogP contribution is 2.68. The van der Waals surface area contributed by atoms with Crippen LogP contribution in [0.4, 0.5) is 0 Å². The predicted molar refractivity (Wildman–Crippen MR) is 102 cm³/mol. The maximum Gasteiger partial charge on any atom is 0.0545 e. The minimum absolute atomic E-state index is 0.133. The van der Waals surface area contributed by atoms with Crippen LogP contribution >= 0.6 is 0 Å². The number of aliphatic hydroxyl groups excluding tert-OH is 1. The van der Waals surface area contributed by atoms with E-state index in [0.717, 1.165) is 36.2 Å². The minimum Gasteiger partial charge on any atom is -0.393 e. The van der Waals surface area contributed by atoms with Gasteiger partial charge in [0, 0.05) is 7.11 Å². The number of fused-ring (bicyclic) bond motifs is 5. The lowest BCUT2D eigenvalue weighted by atomic mass is 9.44. The molecule has 1 unspecified atom stereocenters. The van der Waals surface area contributed by atoms with Gasteiger partial charge < -0.3 is 9.84 Å². The second kappa shape index (κ2) is 6.51. The lowest BCUT2D eigenvalue weighted by Gasteiger charge is -2.62. The van der Waals surface area contributed by atoms with Crippen molar-refractivity contribution >= 4 is 0 Å². The molecule has 4 aliphatic carbocycles. The highest BCUT2D eigenvalue weighted by Gasteiger charge is 2.61. The molecule has 0 aromatic carbocycles. The van der Waals surface area contributed by atoms with Gasteiger partial charge in [-0.15, -0.1) is 0 Å². The summed E-state index contributed by atoms with van der Waals surface area (Å²) in [6, 6.07) is 0. The van der Waals surface area contributed by atoms with E-state index in [9.17, 15) is 5.11 Å². The number of hydrogen-bond acceptors (Lipinski definition) is 2. The smallest absolute Gasteiger partial charge is 0.0545 e. The molecule has 25 heavy (non-hydrogen) atoms. The monoisotopic (exact) mass is 348 g/mol. The Balaban J connectivity index is 1.63. The summed E-state index contributed by atoms with van der Waals surface area (Å²) in [5.74, 6) is 4.95. The van der Waals surface area contributed by atoms with Crippen LogP contribution < -0.4 is 0 Å². The third-order valence-electron chi connectivity index (χ3n) is 9.70. The minimum atomic E-state index is -0.133. The van der Waals surface area contributed by atoms with Gasteiger partial charge in [0.25, 0.3) is 0 Å². The average Bonchev–Trinajstić information content (AvgIpc) is 2.93. The van der Waals surface area contributed by atoms with Crippen molar-refractivity contribution in [3.8, 4) is 0 Å². The van der Waals surface area contributed by atoms with Gasteiger partial charge in [0.1, 0.15) is 0 Å². The van der Waals surface area contributed by atoms with Crippen molar-refractivity contribution in [3.05, 3.63) is 0 Å². The second-order valence-electron chi connectivity index (χ2n) is 10.7. The maximum atomic E-state index is 10.4. The molecule has 0 aromatic rings. The van der Waals surface area contributed by atoms with Gasteiger partial charge in [-0.1, -0.05) is 20.3 Å². The van der Waals surface area contributed by atoms with Crippen molar-refractivity contribution in [1.29, 1.82) is 0 Å². The van der Waals surface area contributed by atoms with Gasteiger partial charge >= 0.3 is 0 Å². The fourth-order valence-corrected chi connectivity index (χ4v) is 8.65. The number of aliphatic hydroxyl groups is 1. The lowest BCUT2D eigenvalue weighted by molar-refractivity contribution is -0.154. The molecule has 1 N–H and O–H groups in total. The standard InChI is InChI=1S/C23H40O2/c1-15-9-12-23(14-25-4)17(13-15)5-6-18-20-8-7-19(16(2)24)22(20,3)11-10-21(18)23/h15-21,24H,5-14H2,1-4H3/t15-,16?,17+,18+,19-,20+,21+,22-,23-/m1/s1. The Morgan fingerprint density at radius 2 is 1.84 bits per heavy atom. The zero-order valence-corrected chi connectivity index (χ0v) is 17.0. The highest BCUT2D eigenvalue weighted by atomic mass is 16.5. The molecular weight excluding hydrogens is 308 g/mol. The molecule has 4 saturated carbocycles. The fraction of sp³-hybridized carbons (Fsp3) is 1.00. The van der Waals surface area contributed by atoms with Gasteiger partial charge in [0.05, 0.1) is 12.7 Å². The molecular formula is C23H40O2. The summed E-state index contributed by atoms with van der Waals surface area (Å²) in [4.78, 5) is 0. The summed E-state index contributed by atoms with van der Waals surface area (Å²) in [7, 11) is 1.93. The van der Waals surface area contributed by atoms with E-state index in [1.165, 1.54) is 57.8 Å². The normalized spacial score (nSPS) is 53.6. The molecule has 2 heteroatoms. The molecule has 2 nitrogen and oxygen atoms in total. The molecule has 0 spiro atoms. The van der Waals surface area contributed by atoms with Crippen molar-refractivity contribution < 1.29 is 9.84 Å². The Morgan fingerprint density at radius 1 is 1.04 bits per heavy atom. The summed E-state index contributed by atoms with van der Waals surface area (Å²) in [6.07, 6.45) is 12.3. The fourth-order valence-electron chi connectivity index (χ4n) is 8.65. The number of hydrogen-bond donors (Lipinski definition) is 1. The summed E-state index contributed by atoms with van der Waals surface area (Å²) >= 11 is 0. The van der Waals surface area contributed by atoms with E-state index in [-0.39, 0.29) is 6.10 Å².